The Bertz CT molecular complexity index is 410. The Morgan fingerprint density at radius 3 is 2.78 bits per heavy atom. The highest BCUT2D eigenvalue weighted by Gasteiger charge is 2.03. The number of amides is 1. The zero-order valence-electron chi connectivity index (χ0n) is 10.6. The molecular formula is C13H18ClFN2O. The first kappa shape index (κ1) is 14.9. The number of hydrogen-bond acceptors (Lipinski definition) is 2. The van der Waals surface area contributed by atoms with Crippen LogP contribution in [0.5, 0.6) is 0 Å². The second-order valence-corrected chi connectivity index (χ2v) is 4.80. The molecule has 0 bridgehead atoms. The van der Waals surface area contributed by atoms with Crippen LogP contribution in [0.2, 0.25) is 5.02 Å². The average Bonchev–Trinajstić information content (AvgIpc) is 2.28. The van der Waals surface area contributed by atoms with Crippen molar-refractivity contribution < 1.29 is 9.18 Å². The van der Waals surface area contributed by atoms with Gasteiger partial charge in [-0.05, 0) is 31.5 Å². The van der Waals surface area contributed by atoms with Gasteiger partial charge in [0.15, 0.2) is 0 Å². The lowest BCUT2D eigenvalue weighted by Gasteiger charge is -2.09. The summed E-state index contributed by atoms with van der Waals surface area (Å²) in [4.78, 5) is 11.3. The van der Waals surface area contributed by atoms with Gasteiger partial charge in [0.1, 0.15) is 5.82 Å². The molecule has 1 amide bonds. The van der Waals surface area contributed by atoms with Gasteiger partial charge < -0.3 is 10.6 Å². The maximum Gasteiger partial charge on any atom is 0.221 e. The Morgan fingerprint density at radius 1 is 1.44 bits per heavy atom. The van der Waals surface area contributed by atoms with Gasteiger partial charge >= 0.3 is 0 Å². The summed E-state index contributed by atoms with van der Waals surface area (Å²) in [5.41, 5.74) is 0.807. The maximum atomic E-state index is 13.1. The Hall–Kier alpha value is -1.13. The van der Waals surface area contributed by atoms with E-state index in [9.17, 15) is 9.18 Å². The van der Waals surface area contributed by atoms with E-state index in [1.165, 1.54) is 12.1 Å². The molecule has 1 rings (SSSR count). The third kappa shape index (κ3) is 5.47. The molecular weight excluding hydrogens is 255 g/mol. The topological polar surface area (TPSA) is 41.1 Å². The fourth-order valence-electron chi connectivity index (χ4n) is 1.48. The van der Waals surface area contributed by atoms with Crippen molar-refractivity contribution in [3.63, 3.8) is 0 Å². The number of hydrogen-bond donors (Lipinski definition) is 2. The quantitative estimate of drug-likeness (QED) is 0.781. The van der Waals surface area contributed by atoms with Crippen LogP contribution in [0.25, 0.3) is 0 Å². The molecule has 0 atom stereocenters. The van der Waals surface area contributed by atoms with Gasteiger partial charge in [-0.3, -0.25) is 4.79 Å². The normalized spacial score (nSPS) is 10.7. The molecule has 0 unspecified atom stereocenters. The first-order valence-corrected chi connectivity index (χ1v) is 6.31. The smallest absolute Gasteiger partial charge is 0.221 e. The Labute approximate surface area is 112 Å². The molecule has 0 fully saturated rings. The number of carbonyl (C=O) groups excluding carboxylic acids is 1. The standard InChI is InChI=1S/C13H18ClFN2O/c1-9(2)17-13(18)5-6-16-8-10-3-4-11(14)12(15)7-10/h3-4,7,9,16H,5-6,8H2,1-2H3,(H,17,18). The molecule has 1 aromatic carbocycles. The molecule has 0 aliphatic heterocycles. The van der Waals surface area contributed by atoms with Crippen molar-refractivity contribution >= 4 is 17.5 Å². The first-order valence-electron chi connectivity index (χ1n) is 5.93. The van der Waals surface area contributed by atoms with E-state index in [4.69, 9.17) is 11.6 Å². The van der Waals surface area contributed by atoms with Crippen molar-refractivity contribution in [1.82, 2.24) is 10.6 Å². The third-order valence-corrected chi connectivity index (χ3v) is 2.60. The fraction of sp³-hybridized carbons (Fsp3) is 0.462. The van der Waals surface area contributed by atoms with E-state index in [1.54, 1.807) is 6.07 Å². The predicted octanol–water partition coefficient (Wildman–Crippen LogP) is 2.48. The molecule has 100 valence electrons. The van der Waals surface area contributed by atoms with Gasteiger partial charge in [-0.15, -0.1) is 0 Å². The van der Waals surface area contributed by atoms with Crippen LogP contribution in [0.15, 0.2) is 18.2 Å². The van der Waals surface area contributed by atoms with Gasteiger partial charge in [0.2, 0.25) is 5.91 Å². The monoisotopic (exact) mass is 272 g/mol. The number of halogens is 2. The summed E-state index contributed by atoms with van der Waals surface area (Å²) in [5, 5.41) is 6.00. The molecule has 0 saturated carbocycles. The van der Waals surface area contributed by atoms with E-state index in [1.807, 2.05) is 13.8 Å². The predicted molar refractivity (Wildman–Crippen MR) is 71.0 cm³/mol. The number of carbonyl (C=O) groups is 1. The first-order chi connectivity index (χ1) is 8.49. The second-order valence-electron chi connectivity index (χ2n) is 4.40. The molecule has 0 aliphatic rings. The molecule has 1 aromatic rings. The Balaban J connectivity index is 2.25. The summed E-state index contributed by atoms with van der Waals surface area (Å²) in [6, 6.07) is 4.83. The highest BCUT2D eigenvalue weighted by Crippen LogP contribution is 2.15. The molecule has 0 aromatic heterocycles. The minimum absolute atomic E-state index is 0.0137. The van der Waals surface area contributed by atoms with E-state index in [0.29, 0.717) is 19.5 Å². The molecule has 3 nitrogen and oxygen atoms in total. The van der Waals surface area contributed by atoms with E-state index < -0.39 is 5.82 Å². The van der Waals surface area contributed by atoms with Crippen LogP contribution < -0.4 is 10.6 Å². The minimum atomic E-state index is -0.423. The van der Waals surface area contributed by atoms with Crippen LogP contribution >= 0.6 is 11.6 Å². The summed E-state index contributed by atoms with van der Waals surface area (Å²) in [6.45, 7) is 4.91. The third-order valence-electron chi connectivity index (χ3n) is 2.29. The van der Waals surface area contributed by atoms with Crippen LogP contribution in [-0.2, 0) is 11.3 Å². The molecule has 0 heterocycles. The molecule has 0 saturated heterocycles. The van der Waals surface area contributed by atoms with Crippen LogP contribution in [0.1, 0.15) is 25.8 Å². The largest absolute Gasteiger partial charge is 0.354 e. The lowest BCUT2D eigenvalue weighted by Crippen LogP contribution is -2.32. The molecule has 2 N–H and O–H groups in total. The van der Waals surface area contributed by atoms with E-state index in [0.717, 1.165) is 5.56 Å². The summed E-state index contributed by atoms with van der Waals surface area (Å²) in [5.74, 6) is -0.409. The van der Waals surface area contributed by atoms with Crippen molar-refractivity contribution in [3.8, 4) is 0 Å². The van der Waals surface area contributed by atoms with Gasteiger partial charge in [-0.2, -0.15) is 0 Å². The molecule has 0 aliphatic carbocycles. The van der Waals surface area contributed by atoms with E-state index in [2.05, 4.69) is 10.6 Å². The summed E-state index contributed by atoms with van der Waals surface area (Å²) in [7, 11) is 0. The van der Waals surface area contributed by atoms with Crippen molar-refractivity contribution in [2.45, 2.75) is 32.9 Å². The van der Waals surface area contributed by atoms with Gasteiger partial charge in [0, 0.05) is 25.6 Å². The Kier molecular flexibility index (Phi) is 6.09. The summed E-state index contributed by atoms with van der Waals surface area (Å²) >= 11 is 5.58. The van der Waals surface area contributed by atoms with Gasteiger partial charge in [-0.1, -0.05) is 17.7 Å². The highest BCUT2D eigenvalue weighted by atomic mass is 35.5. The van der Waals surface area contributed by atoms with Gasteiger partial charge in [0.25, 0.3) is 0 Å². The Morgan fingerprint density at radius 2 is 2.17 bits per heavy atom. The molecule has 0 radical (unpaired) electrons. The van der Waals surface area contributed by atoms with E-state index >= 15 is 0 Å². The fourth-order valence-corrected chi connectivity index (χ4v) is 1.60. The van der Waals surface area contributed by atoms with Crippen molar-refractivity contribution in [3.05, 3.63) is 34.6 Å². The van der Waals surface area contributed by atoms with Crippen molar-refractivity contribution in [2.75, 3.05) is 6.54 Å². The van der Waals surface area contributed by atoms with Crippen LogP contribution in [0.3, 0.4) is 0 Å². The van der Waals surface area contributed by atoms with Crippen LogP contribution in [-0.4, -0.2) is 18.5 Å². The SMILES string of the molecule is CC(C)NC(=O)CCNCc1ccc(Cl)c(F)c1. The number of rotatable bonds is 6. The molecule has 5 heteroatoms. The van der Waals surface area contributed by atoms with Gasteiger partial charge in [-0.25, -0.2) is 4.39 Å². The van der Waals surface area contributed by atoms with Crippen LogP contribution in [0.4, 0.5) is 4.39 Å². The zero-order chi connectivity index (χ0) is 13.5. The lowest BCUT2D eigenvalue weighted by atomic mass is 10.2. The minimum Gasteiger partial charge on any atom is -0.354 e. The van der Waals surface area contributed by atoms with Crippen molar-refractivity contribution in [1.29, 1.82) is 0 Å². The van der Waals surface area contributed by atoms with Crippen LogP contribution in [0, 0.1) is 5.82 Å². The van der Waals surface area contributed by atoms with Gasteiger partial charge in [0.05, 0.1) is 5.02 Å². The second kappa shape index (κ2) is 7.34. The molecule has 0 spiro atoms. The summed E-state index contributed by atoms with van der Waals surface area (Å²) in [6.07, 6.45) is 0.411. The summed E-state index contributed by atoms with van der Waals surface area (Å²) < 4.78 is 13.1. The maximum absolute atomic E-state index is 13.1. The van der Waals surface area contributed by atoms with E-state index in [-0.39, 0.29) is 17.0 Å². The molecule has 18 heavy (non-hydrogen) atoms. The zero-order valence-corrected chi connectivity index (χ0v) is 11.4. The average molecular weight is 273 g/mol. The lowest BCUT2D eigenvalue weighted by molar-refractivity contribution is -0.121. The highest BCUT2D eigenvalue weighted by molar-refractivity contribution is 6.30. The van der Waals surface area contributed by atoms with Crippen molar-refractivity contribution in [2.24, 2.45) is 0 Å². The number of nitrogens with one attached hydrogen (secondary N) is 2. The number of benzene rings is 1.